The highest BCUT2D eigenvalue weighted by molar-refractivity contribution is 7.89. The average molecular weight is 289 g/mol. The Labute approximate surface area is 115 Å². The molecule has 1 heterocycles. The van der Waals surface area contributed by atoms with Gasteiger partial charge in [-0.2, -0.15) is 4.31 Å². The summed E-state index contributed by atoms with van der Waals surface area (Å²) in [6.45, 7) is 0.663. The van der Waals surface area contributed by atoms with E-state index in [0.29, 0.717) is 18.9 Å². The standard InChI is InChI=1S/C13H23NO4S/c1-18-13(15)7-4-10-19(16,17)14-9-8-11-5-2-3-6-12(11)14/h11-12H,2-10H2,1H3. The van der Waals surface area contributed by atoms with Crippen LogP contribution in [-0.4, -0.2) is 44.1 Å². The lowest BCUT2D eigenvalue weighted by Gasteiger charge is -2.31. The van der Waals surface area contributed by atoms with Crippen molar-refractivity contribution >= 4 is 16.0 Å². The average Bonchev–Trinajstić information content (AvgIpc) is 2.82. The molecule has 19 heavy (non-hydrogen) atoms. The molecule has 110 valence electrons. The zero-order valence-electron chi connectivity index (χ0n) is 11.5. The van der Waals surface area contributed by atoms with Crippen LogP contribution in [0.2, 0.25) is 0 Å². The fraction of sp³-hybridized carbons (Fsp3) is 0.923. The monoisotopic (exact) mass is 289 g/mol. The lowest BCUT2D eigenvalue weighted by atomic mass is 9.86. The van der Waals surface area contributed by atoms with E-state index in [9.17, 15) is 13.2 Å². The van der Waals surface area contributed by atoms with E-state index in [0.717, 1.165) is 19.3 Å². The van der Waals surface area contributed by atoms with Gasteiger partial charge in [-0.05, 0) is 31.6 Å². The molecule has 6 heteroatoms. The van der Waals surface area contributed by atoms with Gasteiger partial charge in [-0.15, -0.1) is 0 Å². The second kappa shape index (κ2) is 6.22. The van der Waals surface area contributed by atoms with Crippen LogP contribution in [0.5, 0.6) is 0 Å². The Bertz CT molecular complexity index is 420. The molecule has 2 rings (SSSR count). The van der Waals surface area contributed by atoms with Gasteiger partial charge in [-0.1, -0.05) is 12.8 Å². The van der Waals surface area contributed by atoms with E-state index in [1.54, 1.807) is 4.31 Å². The van der Waals surface area contributed by atoms with Gasteiger partial charge in [-0.3, -0.25) is 4.79 Å². The van der Waals surface area contributed by atoms with Gasteiger partial charge in [0.1, 0.15) is 0 Å². The summed E-state index contributed by atoms with van der Waals surface area (Å²) in [4.78, 5) is 11.0. The van der Waals surface area contributed by atoms with Gasteiger partial charge in [0.25, 0.3) is 0 Å². The fourth-order valence-corrected chi connectivity index (χ4v) is 5.14. The first kappa shape index (κ1) is 14.8. The molecular formula is C13H23NO4S. The summed E-state index contributed by atoms with van der Waals surface area (Å²) in [6, 6.07) is 0.219. The highest BCUT2D eigenvalue weighted by atomic mass is 32.2. The third-order valence-electron chi connectivity index (χ3n) is 4.33. The van der Waals surface area contributed by atoms with Crippen molar-refractivity contribution in [2.24, 2.45) is 5.92 Å². The third kappa shape index (κ3) is 3.48. The van der Waals surface area contributed by atoms with E-state index in [-0.39, 0.29) is 24.2 Å². The van der Waals surface area contributed by atoms with Gasteiger partial charge >= 0.3 is 5.97 Å². The van der Waals surface area contributed by atoms with Crippen LogP contribution >= 0.6 is 0 Å². The quantitative estimate of drug-likeness (QED) is 0.720. The van der Waals surface area contributed by atoms with E-state index in [1.807, 2.05) is 0 Å². The van der Waals surface area contributed by atoms with E-state index in [2.05, 4.69) is 4.74 Å². The van der Waals surface area contributed by atoms with Gasteiger partial charge in [-0.25, -0.2) is 8.42 Å². The highest BCUT2D eigenvalue weighted by Gasteiger charge is 2.41. The molecule has 0 amide bonds. The van der Waals surface area contributed by atoms with Crippen molar-refractivity contribution in [3.05, 3.63) is 0 Å². The normalized spacial score (nSPS) is 28.1. The summed E-state index contributed by atoms with van der Waals surface area (Å²) in [6.07, 6.45) is 6.06. The van der Waals surface area contributed by atoms with Crippen molar-refractivity contribution in [1.29, 1.82) is 0 Å². The van der Waals surface area contributed by atoms with Crippen LogP contribution in [0.3, 0.4) is 0 Å². The van der Waals surface area contributed by atoms with E-state index in [4.69, 9.17) is 0 Å². The number of hydrogen-bond donors (Lipinski definition) is 0. The second-order valence-electron chi connectivity index (χ2n) is 5.51. The van der Waals surface area contributed by atoms with Crippen LogP contribution in [-0.2, 0) is 19.6 Å². The first-order chi connectivity index (χ1) is 9.04. The highest BCUT2D eigenvalue weighted by Crippen LogP contribution is 2.37. The topological polar surface area (TPSA) is 63.7 Å². The van der Waals surface area contributed by atoms with Crippen LogP contribution in [0.25, 0.3) is 0 Å². The predicted octanol–water partition coefficient (Wildman–Crippen LogP) is 1.53. The lowest BCUT2D eigenvalue weighted by molar-refractivity contribution is -0.140. The SMILES string of the molecule is COC(=O)CCCS(=O)(=O)N1CCC2CCCCC21. The molecule has 2 atom stereocenters. The number of hydrogen-bond acceptors (Lipinski definition) is 4. The summed E-state index contributed by atoms with van der Waals surface area (Å²) in [7, 11) is -1.89. The van der Waals surface area contributed by atoms with Gasteiger partial charge in [0.15, 0.2) is 0 Å². The number of methoxy groups -OCH3 is 1. The fourth-order valence-electron chi connectivity index (χ4n) is 3.33. The Hall–Kier alpha value is -0.620. The maximum absolute atomic E-state index is 12.3. The zero-order valence-corrected chi connectivity index (χ0v) is 12.3. The van der Waals surface area contributed by atoms with Crippen LogP contribution in [0.15, 0.2) is 0 Å². The Morgan fingerprint density at radius 1 is 1.26 bits per heavy atom. The summed E-state index contributed by atoms with van der Waals surface area (Å²) < 4.78 is 30.9. The smallest absolute Gasteiger partial charge is 0.305 e. The molecule has 0 aromatic carbocycles. The molecule has 0 bridgehead atoms. The Morgan fingerprint density at radius 3 is 2.74 bits per heavy atom. The summed E-state index contributed by atoms with van der Waals surface area (Å²) in [5, 5.41) is 0. The number of sulfonamides is 1. The molecule has 2 unspecified atom stereocenters. The largest absolute Gasteiger partial charge is 0.469 e. The van der Waals surface area contributed by atoms with E-state index >= 15 is 0 Å². The minimum Gasteiger partial charge on any atom is -0.469 e. The molecule has 0 aromatic heterocycles. The van der Waals surface area contributed by atoms with Crippen molar-refractivity contribution in [1.82, 2.24) is 4.31 Å². The van der Waals surface area contributed by atoms with Crippen molar-refractivity contribution < 1.29 is 17.9 Å². The number of carbonyl (C=O) groups excluding carboxylic acids is 1. The molecule has 0 N–H and O–H groups in total. The molecule has 0 radical (unpaired) electrons. The molecule has 2 aliphatic rings. The Morgan fingerprint density at radius 2 is 2.00 bits per heavy atom. The number of ether oxygens (including phenoxy) is 1. The van der Waals surface area contributed by atoms with Crippen molar-refractivity contribution in [2.45, 2.75) is 51.0 Å². The van der Waals surface area contributed by atoms with Gasteiger partial charge in [0.2, 0.25) is 10.0 Å². The number of fused-ring (bicyclic) bond motifs is 1. The van der Waals surface area contributed by atoms with Crippen molar-refractivity contribution in [3.63, 3.8) is 0 Å². The molecular weight excluding hydrogens is 266 g/mol. The predicted molar refractivity (Wildman–Crippen MR) is 72.1 cm³/mol. The van der Waals surface area contributed by atoms with Crippen LogP contribution in [0.4, 0.5) is 0 Å². The summed E-state index contributed by atoms with van der Waals surface area (Å²) in [5.41, 5.74) is 0. The number of rotatable bonds is 5. The maximum Gasteiger partial charge on any atom is 0.305 e. The van der Waals surface area contributed by atoms with E-state index in [1.165, 1.54) is 20.0 Å². The molecule has 1 saturated heterocycles. The number of carbonyl (C=O) groups is 1. The van der Waals surface area contributed by atoms with Crippen LogP contribution < -0.4 is 0 Å². The lowest BCUT2D eigenvalue weighted by Crippen LogP contribution is -2.40. The van der Waals surface area contributed by atoms with Crippen molar-refractivity contribution in [3.8, 4) is 0 Å². The first-order valence-electron chi connectivity index (χ1n) is 7.11. The summed E-state index contributed by atoms with van der Waals surface area (Å²) in [5.74, 6) is 0.280. The number of nitrogens with zero attached hydrogens (tertiary/aromatic N) is 1. The first-order valence-corrected chi connectivity index (χ1v) is 8.72. The minimum absolute atomic E-state index is 0.0608. The third-order valence-corrected chi connectivity index (χ3v) is 6.30. The molecule has 5 nitrogen and oxygen atoms in total. The zero-order chi connectivity index (χ0) is 13.9. The molecule has 1 aliphatic heterocycles. The van der Waals surface area contributed by atoms with E-state index < -0.39 is 10.0 Å². The molecule has 1 aliphatic carbocycles. The molecule has 1 saturated carbocycles. The van der Waals surface area contributed by atoms with Crippen LogP contribution in [0, 0.1) is 5.92 Å². The Kier molecular flexibility index (Phi) is 4.84. The maximum atomic E-state index is 12.3. The van der Waals surface area contributed by atoms with Crippen molar-refractivity contribution in [2.75, 3.05) is 19.4 Å². The molecule has 2 fully saturated rings. The van der Waals surface area contributed by atoms with Gasteiger partial charge in [0, 0.05) is 19.0 Å². The van der Waals surface area contributed by atoms with Gasteiger partial charge in [0.05, 0.1) is 12.9 Å². The minimum atomic E-state index is -3.21. The second-order valence-corrected chi connectivity index (χ2v) is 7.55. The number of esters is 1. The molecule has 0 spiro atoms. The Balaban J connectivity index is 1.90. The molecule has 0 aromatic rings. The summed E-state index contributed by atoms with van der Waals surface area (Å²) >= 11 is 0. The van der Waals surface area contributed by atoms with Crippen LogP contribution in [0.1, 0.15) is 44.9 Å². The van der Waals surface area contributed by atoms with Gasteiger partial charge < -0.3 is 4.74 Å².